The summed E-state index contributed by atoms with van der Waals surface area (Å²) in [6, 6.07) is 19.9. The van der Waals surface area contributed by atoms with Gasteiger partial charge in [0.15, 0.2) is 0 Å². The SMILES string of the molecule is OC(Cc1ccccc1)c1csnc1OCc1ccccc1. The molecule has 0 bridgehead atoms. The lowest BCUT2D eigenvalue weighted by Crippen LogP contribution is -2.04. The summed E-state index contributed by atoms with van der Waals surface area (Å²) in [6.07, 6.45) is -0.0482. The Morgan fingerprint density at radius 3 is 2.27 bits per heavy atom. The van der Waals surface area contributed by atoms with Gasteiger partial charge in [0, 0.05) is 11.8 Å². The highest BCUT2D eigenvalue weighted by Crippen LogP contribution is 2.29. The van der Waals surface area contributed by atoms with E-state index < -0.39 is 6.10 Å². The Hall–Kier alpha value is -2.17. The molecule has 1 atom stereocenters. The molecule has 0 aliphatic heterocycles. The van der Waals surface area contributed by atoms with Crippen LogP contribution in [0.3, 0.4) is 0 Å². The molecule has 0 aliphatic rings. The highest BCUT2D eigenvalue weighted by atomic mass is 32.1. The molecule has 3 nitrogen and oxygen atoms in total. The van der Waals surface area contributed by atoms with Gasteiger partial charge in [0.1, 0.15) is 6.61 Å². The largest absolute Gasteiger partial charge is 0.472 e. The van der Waals surface area contributed by atoms with Crippen molar-refractivity contribution in [2.24, 2.45) is 0 Å². The molecule has 2 aromatic carbocycles. The van der Waals surface area contributed by atoms with Crippen LogP contribution in [-0.4, -0.2) is 9.48 Å². The van der Waals surface area contributed by atoms with Crippen molar-refractivity contribution in [1.82, 2.24) is 4.37 Å². The Balaban J connectivity index is 1.66. The van der Waals surface area contributed by atoms with Gasteiger partial charge in [-0.1, -0.05) is 60.7 Å². The van der Waals surface area contributed by atoms with Crippen LogP contribution in [0, 0.1) is 0 Å². The first-order valence-electron chi connectivity index (χ1n) is 7.16. The maximum Gasteiger partial charge on any atom is 0.231 e. The zero-order valence-corrected chi connectivity index (χ0v) is 12.9. The van der Waals surface area contributed by atoms with Crippen molar-refractivity contribution in [3.05, 3.63) is 82.7 Å². The number of ether oxygens (including phenoxy) is 1. The Kier molecular flexibility index (Phi) is 4.83. The van der Waals surface area contributed by atoms with Crippen molar-refractivity contribution in [1.29, 1.82) is 0 Å². The molecule has 0 fully saturated rings. The van der Waals surface area contributed by atoms with Crippen LogP contribution in [0.4, 0.5) is 0 Å². The van der Waals surface area contributed by atoms with Crippen LogP contribution in [0.25, 0.3) is 0 Å². The molecule has 3 aromatic rings. The Morgan fingerprint density at radius 1 is 0.955 bits per heavy atom. The number of benzene rings is 2. The Labute approximate surface area is 134 Å². The number of hydrogen-bond donors (Lipinski definition) is 1. The molecule has 0 aliphatic carbocycles. The lowest BCUT2D eigenvalue weighted by Gasteiger charge is -2.12. The van der Waals surface area contributed by atoms with Crippen molar-refractivity contribution >= 4 is 11.5 Å². The van der Waals surface area contributed by atoms with E-state index in [4.69, 9.17) is 4.74 Å². The van der Waals surface area contributed by atoms with E-state index in [0.29, 0.717) is 18.9 Å². The third kappa shape index (κ3) is 3.72. The van der Waals surface area contributed by atoms with Crippen molar-refractivity contribution in [3.63, 3.8) is 0 Å². The first-order chi connectivity index (χ1) is 10.8. The minimum atomic E-state index is -0.605. The van der Waals surface area contributed by atoms with Gasteiger partial charge in [0.25, 0.3) is 0 Å². The lowest BCUT2D eigenvalue weighted by atomic mass is 10.0. The third-order valence-corrected chi connectivity index (χ3v) is 4.04. The Morgan fingerprint density at radius 2 is 1.59 bits per heavy atom. The van der Waals surface area contributed by atoms with E-state index in [2.05, 4.69) is 4.37 Å². The molecule has 4 heteroatoms. The van der Waals surface area contributed by atoms with Gasteiger partial charge in [-0.25, -0.2) is 0 Å². The zero-order valence-electron chi connectivity index (χ0n) is 12.1. The lowest BCUT2D eigenvalue weighted by molar-refractivity contribution is 0.170. The van der Waals surface area contributed by atoms with Gasteiger partial charge < -0.3 is 9.84 Å². The van der Waals surface area contributed by atoms with E-state index in [1.54, 1.807) is 0 Å². The third-order valence-electron chi connectivity index (χ3n) is 3.41. The zero-order chi connectivity index (χ0) is 15.2. The predicted octanol–water partition coefficient (Wildman–Crippen LogP) is 4.00. The number of hydrogen-bond acceptors (Lipinski definition) is 4. The molecule has 1 heterocycles. The minimum Gasteiger partial charge on any atom is -0.472 e. The van der Waals surface area contributed by atoms with Crippen LogP contribution < -0.4 is 4.74 Å². The first-order valence-corrected chi connectivity index (χ1v) is 7.99. The normalized spacial score (nSPS) is 12.0. The number of aliphatic hydroxyl groups excluding tert-OH is 1. The van der Waals surface area contributed by atoms with Crippen LogP contribution in [0.5, 0.6) is 5.88 Å². The molecule has 1 unspecified atom stereocenters. The monoisotopic (exact) mass is 311 g/mol. The van der Waals surface area contributed by atoms with Crippen LogP contribution in [0.2, 0.25) is 0 Å². The Bertz CT molecular complexity index is 697. The highest BCUT2D eigenvalue weighted by molar-refractivity contribution is 7.03. The smallest absolute Gasteiger partial charge is 0.231 e. The summed E-state index contributed by atoms with van der Waals surface area (Å²) in [5.41, 5.74) is 2.93. The van der Waals surface area contributed by atoms with E-state index in [1.807, 2.05) is 66.0 Å². The predicted molar refractivity (Wildman–Crippen MR) is 88.0 cm³/mol. The van der Waals surface area contributed by atoms with E-state index in [-0.39, 0.29) is 0 Å². The highest BCUT2D eigenvalue weighted by Gasteiger charge is 2.17. The number of aliphatic hydroxyl groups is 1. The molecular weight excluding hydrogens is 294 g/mol. The average Bonchev–Trinajstić information content (AvgIpc) is 3.03. The van der Waals surface area contributed by atoms with Crippen molar-refractivity contribution in [2.75, 3.05) is 0 Å². The van der Waals surface area contributed by atoms with Crippen LogP contribution in [-0.2, 0) is 13.0 Å². The van der Waals surface area contributed by atoms with Gasteiger partial charge in [0.05, 0.1) is 11.7 Å². The molecule has 0 radical (unpaired) electrons. The summed E-state index contributed by atoms with van der Waals surface area (Å²) in [6.45, 7) is 0.454. The summed E-state index contributed by atoms with van der Waals surface area (Å²) in [5, 5.41) is 12.3. The van der Waals surface area contributed by atoms with Gasteiger partial charge in [-0.3, -0.25) is 0 Å². The van der Waals surface area contributed by atoms with Crippen LogP contribution in [0.15, 0.2) is 66.0 Å². The van der Waals surface area contributed by atoms with E-state index in [1.165, 1.54) is 11.5 Å². The molecule has 0 saturated carbocycles. The second kappa shape index (κ2) is 7.20. The van der Waals surface area contributed by atoms with Crippen LogP contribution in [0.1, 0.15) is 22.8 Å². The van der Waals surface area contributed by atoms with Crippen molar-refractivity contribution in [3.8, 4) is 5.88 Å². The van der Waals surface area contributed by atoms with Crippen molar-refractivity contribution in [2.45, 2.75) is 19.1 Å². The van der Waals surface area contributed by atoms with E-state index in [0.717, 1.165) is 16.7 Å². The quantitative estimate of drug-likeness (QED) is 0.748. The molecule has 0 amide bonds. The second-order valence-corrected chi connectivity index (χ2v) is 5.68. The van der Waals surface area contributed by atoms with Gasteiger partial charge in [-0.15, -0.1) is 0 Å². The standard InChI is InChI=1S/C18H17NO2S/c20-17(11-14-7-3-1-4-8-14)16-13-22-19-18(16)21-12-15-9-5-2-6-10-15/h1-10,13,17,20H,11-12H2. The van der Waals surface area contributed by atoms with Crippen LogP contribution >= 0.6 is 11.5 Å². The van der Waals surface area contributed by atoms with E-state index in [9.17, 15) is 5.11 Å². The second-order valence-electron chi connectivity index (χ2n) is 5.05. The van der Waals surface area contributed by atoms with Gasteiger partial charge in [0.2, 0.25) is 5.88 Å². The summed E-state index contributed by atoms with van der Waals surface area (Å²) < 4.78 is 10.0. The summed E-state index contributed by atoms with van der Waals surface area (Å²) in [4.78, 5) is 0. The maximum absolute atomic E-state index is 10.4. The molecular formula is C18H17NO2S. The number of rotatable bonds is 6. The van der Waals surface area contributed by atoms with Gasteiger partial charge >= 0.3 is 0 Å². The minimum absolute atomic E-state index is 0.454. The fourth-order valence-corrected chi connectivity index (χ4v) is 2.92. The molecule has 0 saturated heterocycles. The van der Waals surface area contributed by atoms with Crippen molar-refractivity contribution < 1.29 is 9.84 Å². The molecule has 0 spiro atoms. The first kappa shape index (κ1) is 14.8. The van der Waals surface area contributed by atoms with Gasteiger partial charge in [-0.05, 0) is 22.7 Å². The fraction of sp³-hybridized carbons (Fsp3) is 0.167. The molecule has 112 valence electrons. The number of nitrogens with zero attached hydrogens (tertiary/aromatic N) is 1. The number of aromatic nitrogens is 1. The molecule has 3 rings (SSSR count). The fourth-order valence-electron chi connectivity index (χ4n) is 2.24. The summed E-state index contributed by atoms with van der Waals surface area (Å²) in [5.74, 6) is 0.525. The average molecular weight is 311 g/mol. The topological polar surface area (TPSA) is 42.4 Å². The van der Waals surface area contributed by atoms with E-state index >= 15 is 0 Å². The maximum atomic E-state index is 10.4. The summed E-state index contributed by atoms with van der Waals surface area (Å²) >= 11 is 1.31. The molecule has 22 heavy (non-hydrogen) atoms. The van der Waals surface area contributed by atoms with Gasteiger partial charge in [-0.2, -0.15) is 4.37 Å². The summed E-state index contributed by atoms with van der Waals surface area (Å²) in [7, 11) is 0. The molecule has 1 aromatic heterocycles. The molecule has 1 N–H and O–H groups in total.